The third-order valence-corrected chi connectivity index (χ3v) is 6.92. The van der Waals surface area contributed by atoms with E-state index in [9.17, 15) is 13.2 Å². The number of carbonyl (C=O) groups excluding carboxylic acids is 1. The summed E-state index contributed by atoms with van der Waals surface area (Å²) in [6, 6.07) is 11.9. The van der Waals surface area contributed by atoms with E-state index in [0.717, 1.165) is 31.2 Å². The van der Waals surface area contributed by atoms with Crippen molar-refractivity contribution in [3.05, 3.63) is 53.6 Å². The van der Waals surface area contributed by atoms with Gasteiger partial charge in [0.1, 0.15) is 11.5 Å². The number of rotatable bonds is 9. The molecule has 2 saturated carbocycles. The number of nitrogens with zero attached hydrogens (tertiary/aromatic N) is 1. The molecule has 1 amide bonds. The maximum absolute atomic E-state index is 13.2. The van der Waals surface area contributed by atoms with Crippen LogP contribution in [0.1, 0.15) is 41.6 Å². The molecule has 0 radical (unpaired) electrons. The Morgan fingerprint density at radius 3 is 2.30 bits per heavy atom. The van der Waals surface area contributed by atoms with E-state index in [-0.39, 0.29) is 22.9 Å². The molecular formula is C22H26N2O5S. The van der Waals surface area contributed by atoms with E-state index in [1.807, 2.05) is 23.1 Å². The normalized spacial score (nSPS) is 16.2. The summed E-state index contributed by atoms with van der Waals surface area (Å²) in [6.45, 7) is 0.396. The second-order valence-electron chi connectivity index (χ2n) is 7.76. The van der Waals surface area contributed by atoms with E-state index < -0.39 is 10.0 Å². The van der Waals surface area contributed by atoms with Crippen molar-refractivity contribution in [3.8, 4) is 11.5 Å². The molecule has 7 nitrogen and oxygen atoms in total. The molecule has 2 aromatic rings. The number of methoxy groups -OCH3 is 2. The highest BCUT2D eigenvalue weighted by molar-refractivity contribution is 7.89. The van der Waals surface area contributed by atoms with Crippen molar-refractivity contribution in [1.82, 2.24) is 9.62 Å². The SMILES string of the molecule is COc1ccc(OC)c(CN(C(=O)c2ccc(S(=O)(=O)NC3CC3)cc2)C2CC2)c1. The minimum Gasteiger partial charge on any atom is -0.497 e. The first-order valence-corrected chi connectivity index (χ1v) is 11.5. The first-order valence-electron chi connectivity index (χ1n) is 10.1. The van der Waals surface area contributed by atoms with Crippen LogP contribution in [-0.2, 0) is 16.6 Å². The van der Waals surface area contributed by atoms with Gasteiger partial charge in [0, 0.05) is 23.2 Å². The van der Waals surface area contributed by atoms with Crippen molar-refractivity contribution in [2.45, 2.75) is 49.2 Å². The van der Waals surface area contributed by atoms with Crippen LogP contribution in [-0.4, -0.2) is 45.5 Å². The van der Waals surface area contributed by atoms with Gasteiger partial charge >= 0.3 is 0 Å². The Kier molecular flexibility index (Phi) is 5.71. The predicted octanol–water partition coefficient (Wildman–Crippen LogP) is 2.95. The molecule has 0 bridgehead atoms. The van der Waals surface area contributed by atoms with E-state index in [1.165, 1.54) is 12.1 Å². The number of nitrogens with one attached hydrogen (secondary N) is 1. The topological polar surface area (TPSA) is 84.9 Å². The molecule has 160 valence electrons. The molecule has 2 aromatic carbocycles. The van der Waals surface area contributed by atoms with Crippen LogP contribution in [0.15, 0.2) is 47.4 Å². The first kappa shape index (κ1) is 20.7. The Bertz CT molecular complexity index is 1030. The number of hydrogen-bond acceptors (Lipinski definition) is 5. The minimum atomic E-state index is -3.53. The number of hydrogen-bond donors (Lipinski definition) is 1. The van der Waals surface area contributed by atoms with Crippen molar-refractivity contribution < 1.29 is 22.7 Å². The highest BCUT2D eigenvalue weighted by Crippen LogP contribution is 2.33. The zero-order valence-corrected chi connectivity index (χ0v) is 17.9. The Balaban J connectivity index is 1.54. The zero-order chi connectivity index (χ0) is 21.3. The van der Waals surface area contributed by atoms with Crippen LogP contribution in [0.3, 0.4) is 0 Å². The Morgan fingerprint density at radius 2 is 1.73 bits per heavy atom. The van der Waals surface area contributed by atoms with Gasteiger partial charge in [0.25, 0.3) is 5.91 Å². The highest BCUT2D eigenvalue weighted by Gasteiger charge is 2.34. The summed E-state index contributed by atoms with van der Waals surface area (Å²) >= 11 is 0. The molecule has 8 heteroatoms. The van der Waals surface area contributed by atoms with Crippen LogP contribution in [0, 0.1) is 0 Å². The monoisotopic (exact) mass is 430 g/mol. The summed E-state index contributed by atoms with van der Waals surface area (Å²) in [5, 5.41) is 0. The van der Waals surface area contributed by atoms with Gasteiger partial charge in [-0.2, -0.15) is 0 Å². The molecule has 30 heavy (non-hydrogen) atoms. The lowest BCUT2D eigenvalue weighted by atomic mass is 10.1. The van der Waals surface area contributed by atoms with E-state index in [2.05, 4.69) is 4.72 Å². The van der Waals surface area contributed by atoms with Crippen LogP contribution in [0.4, 0.5) is 0 Å². The van der Waals surface area contributed by atoms with Crippen LogP contribution in [0.5, 0.6) is 11.5 Å². The lowest BCUT2D eigenvalue weighted by Crippen LogP contribution is -2.33. The average Bonchev–Trinajstić information content (AvgIpc) is 3.67. The van der Waals surface area contributed by atoms with Gasteiger partial charge in [-0.25, -0.2) is 13.1 Å². The predicted molar refractivity (Wildman–Crippen MR) is 112 cm³/mol. The number of sulfonamides is 1. The first-order chi connectivity index (χ1) is 14.4. The van der Waals surface area contributed by atoms with Gasteiger partial charge in [-0.1, -0.05) is 0 Å². The van der Waals surface area contributed by atoms with Crippen molar-refractivity contribution in [3.63, 3.8) is 0 Å². The standard InChI is InChI=1S/C22H26N2O5S/c1-28-19-9-12-21(29-2)16(13-19)14-24(18-7-8-18)22(25)15-3-10-20(11-4-15)30(26,27)23-17-5-6-17/h3-4,9-13,17-18,23H,5-8,14H2,1-2H3. The van der Waals surface area contributed by atoms with Crippen LogP contribution >= 0.6 is 0 Å². The molecular weight excluding hydrogens is 404 g/mol. The minimum absolute atomic E-state index is 0.0412. The Morgan fingerprint density at radius 1 is 1.03 bits per heavy atom. The second-order valence-corrected chi connectivity index (χ2v) is 9.48. The molecule has 0 spiro atoms. The summed E-state index contributed by atoms with van der Waals surface area (Å²) in [6.07, 6.45) is 3.66. The quantitative estimate of drug-likeness (QED) is 0.661. The van der Waals surface area contributed by atoms with Crippen LogP contribution in [0.25, 0.3) is 0 Å². The number of ether oxygens (including phenoxy) is 2. The lowest BCUT2D eigenvalue weighted by molar-refractivity contribution is 0.0728. The maximum atomic E-state index is 13.2. The van der Waals surface area contributed by atoms with Gasteiger partial charge in [-0.15, -0.1) is 0 Å². The van der Waals surface area contributed by atoms with E-state index in [4.69, 9.17) is 9.47 Å². The van der Waals surface area contributed by atoms with Gasteiger partial charge in [-0.05, 0) is 68.1 Å². The van der Waals surface area contributed by atoms with Crippen LogP contribution in [0.2, 0.25) is 0 Å². The Labute approximate surface area is 177 Å². The van der Waals surface area contributed by atoms with Gasteiger partial charge in [-0.3, -0.25) is 4.79 Å². The van der Waals surface area contributed by atoms with Gasteiger partial charge in [0.05, 0.1) is 25.7 Å². The molecule has 0 atom stereocenters. The molecule has 2 aliphatic rings. The van der Waals surface area contributed by atoms with Gasteiger partial charge in [0.2, 0.25) is 10.0 Å². The fourth-order valence-corrected chi connectivity index (χ4v) is 4.68. The molecule has 0 saturated heterocycles. The average molecular weight is 431 g/mol. The van der Waals surface area contributed by atoms with E-state index in [1.54, 1.807) is 26.4 Å². The van der Waals surface area contributed by atoms with Crippen LogP contribution < -0.4 is 14.2 Å². The highest BCUT2D eigenvalue weighted by atomic mass is 32.2. The van der Waals surface area contributed by atoms with Crippen molar-refractivity contribution in [2.75, 3.05) is 14.2 Å². The van der Waals surface area contributed by atoms with E-state index >= 15 is 0 Å². The summed E-state index contributed by atoms with van der Waals surface area (Å²) in [5.74, 6) is 1.27. The van der Waals surface area contributed by atoms with Crippen molar-refractivity contribution in [1.29, 1.82) is 0 Å². The summed E-state index contributed by atoms with van der Waals surface area (Å²) in [5.41, 5.74) is 1.33. The van der Waals surface area contributed by atoms with Crippen molar-refractivity contribution >= 4 is 15.9 Å². The second kappa shape index (κ2) is 8.28. The molecule has 2 aliphatic carbocycles. The van der Waals surface area contributed by atoms with E-state index in [0.29, 0.717) is 23.6 Å². The summed E-state index contributed by atoms with van der Waals surface area (Å²) in [4.78, 5) is 15.2. The fraction of sp³-hybridized carbons (Fsp3) is 0.409. The number of carbonyl (C=O) groups is 1. The molecule has 0 aliphatic heterocycles. The molecule has 0 unspecified atom stereocenters. The maximum Gasteiger partial charge on any atom is 0.254 e. The number of amides is 1. The van der Waals surface area contributed by atoms with Crippen molar-refractivity contribution in [2.24, 2.45) is 0 Å². The number of benzene rings is 2. The fourth-order valence-electron chi connectivity index (χ4n) is 3.37. The smallest absolute Gasteiger partial charge is 0.254 e. The zero-order valence-electron chi connectivity index (χ0n) is 17.1. The van der Waals surface area contributed by atoms with Gasteiger partial charge < -0.3 is 14.4 Å². The molecule has 0 heterocycles. The third kappa shape index (κ3) is 4.60. The Hall–Kier alpha value is -2.58. The molecule has 2 fully saturated rings. The summed E-state index contributed by atoms with van der Waals surface area (Å²) in [7, 11) is -0.333. The molecule has 4 rings (SSSR count). The van der Waals surface area contributed by atoms with Gasteiger partial charge in [0.15, 0.2) is 0 Å². The molecule has 0 aromatic heterocycles. The summed E-state index contributed by atoms with van der Waals surface area (Å²) < 4.78 is 38.1. The third-order valence-electron chi connectivity index (χ3n) is 5.39. The largest absolute Gasteiger partial charge is 0.497 e. The molecule has 1 N–H and O–H groups in total. The lowest BCUT2D eigenvalue weighted by Gasteiger charge is -2.24.